The van der Waals surface area contributed by atoms with E-state index < -0.39 is 29.5 Å². The molecule has 0 saturated carbocycles. The smallest absolute Gasteiger partial charge is 0.244 e. The summed E-state index contributed by atoms with van der Waals surface area (Å²) in [6.45, 7) is 4.52. The van der Waals surface area contributed by atoms with Crippen molar-refractivity contribution in [1.82, 2.24) is 10.6 Å². The van der Waals surface area contributed by atoms with Gasteiger partial charge in [0.15, 0.2) is 0 Å². The van der Waals surface area contributed by atoms with Gasteiger partial charge >= 0.3 is 0 Å². The summed E-state index contributed by atoms with van der Waals surface area (Å²) >= 11 is 0. The zero-order valence-electron chi connectivity index (χ0n) is 16.4. The number of terminal acetylenes is 1. The number of unbranched alkanes of at least 4 members (excludes halogenated alkanes) is 1. The number of halogens is 2. The summed E-state index contributed by atoms with van der Waals surface area (Å²) in [7, 11) is 0. The summed E-state index contributed by atoms with van der Waals surface area (Å²) in [5.74, 6) is 0.639. The van der Waals surface area contributed by atoms with Gasteiger partial charge in [-0.2, -0.15) is 0 Å². The quantitative estimate of drug-likeness (QED) is 0.345. The van der Waals surface area contributed by atoms with Crippen LogP contribution in [-0.4, -0.2) is 24.4 Å². The molecule has 2 N–H and O–H groups in total. The van der Waals surface area contributed by atoms with E-state index in [1.807, 2.05) is 0 Å². The van der Waals surface area contributed by atoms with Crippen molar-refractivity contribution in [2.45, 2.75) is 52.0 Å². The first-order valence-corrected chi connectivity index (χ1v) is 9.45. The predicted molar refractivity (Wildman–Crippen MR) is 106 cm³/mol. The van der Waals surface area contributed by atoms with Gasteiger partial charge in [-0.05, 0) is 42.5 Å². The van der Waals surface area contributed by atoms with Gasteiger partial charge in [0.05, 0.1) is 0 Å². The summed E-state index contributed by atoms with van der Waals surface area (Å²) in [4.78, 5) is 24.5. The Bertz CT molecular complexity index is 703. The van der Waals surface area contributed by atoms with Gasteiger partial charge in [-0.1, -0.05) is 26.3 Å². The van der Waals surface area contributed by atoms with Crippen LogP contribution in [0.3, 0.4) is 0 Å². The molecule has 0 fully saturated rings. The molecule has 0 heterocycles. The van der Waals surface area contributed by atoms with Crippen molar-refractivity contribution in [3.63, 3.8) is 0 Å². The third-order valence-corrected chi connectivity index (χ3v) is 3.99. The van der Waals surface area contributed by atoms with Crippen LogP contribution in [-0.2, 0) is 16.0 Å². The van der Waals surface area contributed by atoms with Crippen LogP contribution in [0.25, 0.3) is 0 Å². The van der Waals surface area contributed by atoms with Gasteiger partial charge in [0, 0.05) is 25.5 Å². The lowest BCUT2D eigenvalue weighted by molar-refractivity contribution is -0.127. The van der Waals surface area contributed by atoms with Gasteiger partial charge in [0.25, 0.3) is 0 Å². The Labute approximate surface area is 165 Å². The molecule has 4 nitrogen and oxygen atoms in total. The number of allylic oxidation sites excluding steroid dienone is 1. The van der Waals surface area contributed by atoms with Gasteiger partial charge < -0.3 is 10.6 Å². The number of hydrogen-bond donors (Lipinski definition) is 2. The van der Waals surface area contributed by atoms with Crippen molar-refractivity contribution in [2.24, 2.45) is 5.92 Å². The lowest BCUT2D eigenvalue weighted by Crippen LogP contribution is -2.47. The van der Waals surface area contributed by atoms with Crippen molar-refractivity contribution in [1.29, 1.82) is 0 Å². The van der Waals surface area contributed by atoms with Crippen molar-refractivity contribution >= 4 is 11.8 Å². The fourth-order valence-corrected chi connectivity index (χ4v) is 2.61. The van der Waals surface area contributed by atoms with Crippen LogP contribution in [0.1, 0.15) is 45.1 Å². The monoisotopic (exact) mass is 390 g/mol. The van der Waals surface area contributed by atoms with E-state index in [0.717, 1.165) is 37.5 Å². The molecule has 28 heavy (non-hydrogen) atoms. The molecular weight excluding hydrogens is 362 g/mol. The van der Waals surface area contributed by atoms with E-state index in [-0.39, 0.29) is 18.5 Å². The number of amides is 2. The highest BCUT2D eigenvalue weighted by atomic mass is 19.1. The Morgan fingerprint density at radius 2 is 1.89 bits per heavy atom. The van der Waals surface area contributed by atoms with Crippen LogP contribution in [0.15, 0.2) is 30.4 Å². The highest BCUT2D eigenvalue weighted by molar-refractivity contribution is 5.93. The zero-order chi connectivity index (χ0) is 20.9. The van der Waals surface area contributed by atoms with Crippen molar-refractivity contribution in [3.05, 3.63) is 47.5 Å². The molecule has 0 radical (unpaired) electrons. The molecule has 0 spiro atoms. The molecule has 0 bridgehead atoms. The van der Waals surface area contributed by atoms with Crippen molar-refractivity contribution < 1.29 is 18.4 Å². The van der Waals surface area contributed by atoms with E-state index in [0.29, 0.717) is 12.3 Å². The van der Waals surface area contributed by atoms with E-state index in [9.17, 15) is 18.4 Å². The first-order valence-electron chi connectivity index (χ1n) is 9.45. The van der Waals surface area contributed by atoms with Crippen LogP contribution in [0, 0.1) is 29.9 Å². The molecule has 1 rings (SSSR count). The van der Waals surface area contributed by atoms with Crippen LogP contribution < -0.4 is 10.6 Å². The molecule has 152 valence electrons. The van der Waals surface area contributed by atoms with E-state index in [1.54, 1.807) is 6.08 Å². The second-order valence-electron chi connectivity index (χ2n) is 7.02. The van der Waals surface area contributed by atoms with Crippen LogP contribution in [0.2, 0.25) is 0 Å². The molecule has 0 aliphatic carbocycles. The van der Waals surface area contributed by atoms with E-state index in [1.165, 1.54) is 6.08 Å². The van der Waals surface area contributed by atoms with Crippen LogP contribution in [0.4, 0.5) is 8.78 Å². The van der Waals surface area contributed by atoms with Gasteiger partial charge in [0.2, 0.25) is 11.8 Å². The molecule has 1 atom stereocenters. The number of nitrogens with one attached hydrogen (secondary N) is 2. The summed E-state index contributed by atoms with van der Waals surface area (Å²) in [5, 5.41) is 5.22. The Morgan fingerprint density at radius 3 is 2.50 bits per heavy atom. The minimum Gasteiger partial charge on any atom is -0.353 e. The van der Waals surface area contributed by atoms with E-state index in [4.69, 9.17) is 6.42 Å². The lowest BCUT2D eigenvalue weighted by Gasteiger charge is -2.18. The van der Waals surface area contributed by atoms with Crippen molar-refractivity contribution in [3.8, 4) is 12.3 Å². The first kappa shape index (κ1) is 23.4. The maximum atomic E-state index is 13.4. The molecule has 0 aromatic heterocycles. The summed E-state index contributed by atoms with van der Waals surface area (Å²) < 4.78 is 26.9. The average Bonchev–Trinajstić information content (AvgIpc) is 2.59. The maximum absolute atomic E-state index is 13.4. The normalized spacial score (nSPS) is 12.0. The summed E-state index contributed by atoms with van der Waals surface area (Å²) in [6.07, 6.45) is 11.4. The number of carbonyl (C=O) groups excluding carboxylic acids is 2. The third-order valence-electron chi connectivity index (χ3n) is 3.99. The maximum Gasteiger partial charge on any atom is 0.244 e. The van der Waals surface area contributed by atoms with Gasteiger partial charge in [-0.25, -0.2) is 8.78 Å². The predicted octanol–water partition coefficient (Wildman–Crippen LogP) is 3.51. The molecule has 0 saturated heterocycles. The largest absolute Gasteiger partial charge is 0.353 e. The minimum atomic E-state index is -0.966. The SMILES string of the molecule is C#CCCNC(=O)[C@H](Cc1cc(F)cc(F)c1)NC(=O)/C=C/CCCC(C)C. The Kier molecular flexibility index (Phi) is 10.6. The molecule has 2 amide bonds. The van der Waals surface area contributed by atoms with E-state index in [2.05, 4.69) is 30.4 Å². The summed E-state index contributed by atoms with van der Waals surface area (Å²) in [6, 6.07) is 2.06. The third kappa shape index (κ3) is 9.86. The van der Waals surface area contributed by atoms with E-state index >= 15 is 0 Å². The minimum absolute atomic E-state index is 0.0382. The van der Waals surface area contributed by atoms with Gasteiger partial charge in [0.1, 0.15) is 17.7 Å². The number of hydrogen-bond acceptors (Lipinski definition) is 2. The highest BCUT2D eigenvalue weighted by Crippen LogP contribution is 2.11. The molecule has 0 aliphatic heterocycles. The standard InChI is InChI=1S/C22H28F2N2O2/c1-4-5-11-25-22(28)20(14-17-12-18(23)15-19(24)13-17)26-21(27)10-8-6-7-9-16(2)3/h1,8,10,12-13,15-16,20H,5-7,9,11,14H2,2-3H3,(H,25,28)(H,26,27)/b10-8+/t20-/m0/s1. The second-order valence-corrected chi connectivity index (χ2v) is 7.02. The number of rotatable bonds is 11. The number of carbonyl (C=O) groups is 2. The lowest BCUT2D eigenvalue weighted by atomic mass is 10.0. The average molecular weight is 390 g/mol. The Hall–Kier alpha value is -2.68. The molecule has 6 heteroatoms. The van der Waals surface area contributed by atoms with Gasteiger partial charge in [-0.3, -0.25) is 9.59 Å². The summed E-state index contributed by atoms with van der Waals surface area (Å²) in [5.41, 5.74) is 0.274. The fourth-order valence-electron chi connectivity index (χ4n) is 2.61. The van der Waals surface area contributed by atoms with Gasteiger partial charge in [-0.15, -0.1) is 12.3 Å². The number of benzene rings is 1. The molecule has 0 aliphatic rings. The van der Waals surface area contributed by atoms with Crippen LogP contribution >= 0.6 is 0 Å². The second kappa shape index (κ2) is 12.7. The Morgan fingerprint density at radius 1 is 1.21 bits per heavy atom. The Balaban J connectivity index is 2.74. The molecular formula is C22H28F2N2O2. The molecule has 1 aromatic rings. The van der Waals surface area contributed by atoms with Crippen LogP contribution in [0.5, 0.6) is 0 Å². The molecule has 0 unspecified atom stereocenters. The highest BCUT2D eigenvalue weighted by Gasteiger charge is 2.20. The first-order chi connectivity index (χ1) is 13.3. The molecule has 1 aromatic carbocycles. The fraction of sp³-hybridized carbons (Fsp3) is 0.455. The topological polar surface area (TPSA) is 58.2 Å². The zero-order valence-corrected chi connectivity index (χ0v) is 16.4. The van der Waals surface area contributed by atoms with Crippen molar-refractivity contribution in [2.75, 3.05) is 6.54 Å².